The van der Waals surface area contributed by atoms with Gasteiger partial charge in [-0.05, 0) is 55.4 Å². The minimum atomic E-state index is -1.34. The molecule has 6 rings (SSSR count). The fourth-order valence-corrected chi connectivity index (χ4v) is 5.39. The number of fused-ring (bicyclic) bond motifs is 2. The molecule has 6 aliphatic rings. The third-order valence-corrected chi connectivity index (χ3v) is 6.83. The molecule has 0 aromatic heterocycles. The zero-order chi connectivity index (χ0) is 26.4. The molecule has 0 amide bonds. The number of aliphatic hydroxyl groups excluding tert-OH is 1. The van der Waals surface area contributed by atoms with E-state index in [0.717, 1.165) is 0 Å². The number of hydrogen-bond donors (Lipinski definition) is 1. The van der Waals surface area contributed by atoms with Crippen LogP contribution in [0.2, 0.25) is 0 Å². The van der Waals surface area contributed by atoms with Crippen LogP contribution in [-0.4, -0.2) is 111 Å². The second-order valence-corrected chi connectivity index (χ2v) is 11.8. The molecule has 6 heterocycles. The molecular formula is C24H39BNaO12. The van der Waals surface area contributed by atoms with E-state index < -0.39 is 53.0 Å². The first-order valence-corrected chi connectivity index (χ1v) is 12.4. The summed E-state index contributed by atoms with van der Waals surface area (Å²) in [6.45, 7) is 15.1. The standard InChI is InChI=1S/C12H20O6.C12H18O6.B.Na.H/c2*1-10(2)15-6-12(18-10)9(13)8-7(5-14-12)16-11(3,4)17-8;;;/h7-9,13H,5-6H2,1-4H3;7-8H,5-6H2,1-4H3;;;/q;;;+1;-1/t7-,8-,9-,12?;7-,8-,12?;;;/m11.../s1. The number of rotatable bonds is 0. The van der Waals surface area contributed by atoms with Crippen molar-refractivity contribution in [1.82, 2.24) is 0 Å². The average molecular weight is 553 g/mol. The summed E-state index contributed by atoms with van der Waals surface area (Å²) in [6, 6.07) is 0. The molecule has 2 unspecified atom stereocenters. The average Bonchev–Trinajstić information content (AvgIpc) is 3.44. The van der Waals surface area contributed by atoms with Gasteiger partial charge in [0.25, 0.3) is 5.79 Å². The smallest absolute Gasteiger partial charge is 1.00 e. The van der Waals surface area contributed by atoms with Crippen LogP contribution >= 0.6 is 0 Å². The minimum Gasteiger partial charge on any atom is -1.00 e. The quantitative estimate of drug-likeness (QED) is 0.324. The molecule has 12 nitrogen and oxygen atoms in total. The molecule has 6 saturated heterocycles. The molecule has 6 aliphatic heterocycles. The predicted molar refractivity (Wildman–Crippen MR) is 125 cm³/mol. The number of carbonyl (C=O) groups is 1. The van der Waals surface area contributed by atoms with Gasteiger partial charge in [0, 0.05) is 8.41 Å². The van der Waals surface area contributed by atoms with Crippen LogP contribution in [-0.2, 0) is 52.2 Å². The third-order valence-electron chi connectivity index (χ3n) is 6.83. The number of ether oxygens (including phenoxy) is 10. The molecule has 1 N–H and O–H groups in total. The van der Waals surface area contributed by atoms with E-state index in [-0.39, 0.29) is 77.2 Å². The van der Waals surface area contributed by atoms with E-state index in [9.17, 15) is 9.90 Å². The van der Waals surface area contributed by atoms with Crippen LogP contribution in [0.25, 0.3) is 0 Å². The summed E-state index contributed by atoms with van der Waals surface area (Å²) < 4.78 is 56.2. The molecule has 6 fully saturated rings. The van der Waals surface area contributed by atoms with Gasteiger partial charge in [-0.2, -0.15) is 0 Å². The Morgan fingerprint density at radius 2 is 1.26 bits per heavy atom. The van der Waals surface area contributed by atoms with E-state index in [1.165, 1.54) is 0 Å². The fourth-order valence-electron chi connectivity index (χ4n) is 5.39. The fraction of sp³-hybridized carbons (Fsp3) is 0.958. The Balaban J connectivity index is 0.000000254. The van der Waals surface area contributed by atoms with Crippen LogP contribution in [0.3, 0.4) is 0 Å². The van der Waals surface area contributed by atoms with Gasteiger partial charge >= 0.3 is 29.6 Å². The van der Waals surface area contributed by atoms with Crippen molar-refractivity contribution in [2.24, 2.45) is 0 Å². The molecule has 38 heavy (non-hydrogen) atoms. The normalized spacial score (nSPS) is 45.0. The molecular weight excluding hydrogens is 514 g/mol. The van der Waals surface area contributed by atoms with E-state index in [0.29, 0.717) is 6.61 Å². The Hall–Kier alpha value is 0.295. The van der Waals surface area contributed by atoms with Gasteiger partial charge in [0.05, 0.1) is 13.2 Å². The van der Waals surface area contributed by atoms with E-state index in [2.05, 4.69) is 0 Å². The maximum atomic E-state index is 12.5. The Bertz CT molecular complexity index is 902. The van der Waals surface area contributed by atoms with Gasteiger partial charge in [0.1, 0.15) is 37.6 Å². The second-order valence-electron chi connectivity index (χ2n) is 11.8. The SMILES string of the molecule is CC1(C)O[C@@H]2COC3(COC(C)(C)O3)C(=O)[C@@H]2O1.CC1(C)O[C@H]2[C@@H](O)C3(COC(C)(C)O3)OC[C@H]2O1.[B].[H-].[Na+]. The van der Waals surface area contributed by atoms with Crippen LogP contribution in [0.1, 0.15) is 56.8 Å². The molecule has 0 aliphatic carbocycles. The van der Waals surface area contributed by atoms with Crippen LogP contribution in [0, 0.1) is 0 Å². The van der Waals surface area contributed by atoms with Crippen molar-refractivity contribution in [3.8, 4) is 0 Å². The summed E-state index contributed by atoms with van der Waals surface area (Å²) in [7, 11) is 0. The van der Waals surface area contributed by atoms with Gasteiger partial charge in [0.2, 0.25) is 11.6 Å². The van der Waals surface area contributed by atoms with Gasteiger partial charge in [-0.25, -0.2) is 0 Å². The number of ketones is 1. The van der Waals surface area contributed by atoms with Crippen molar-refractivity contribution >= 4 is 14.2 Å². The summed E-state index contributed by atoms with van der Waals surface area (Å²) in [5.74, 6) is -5.80. The molecule has 7 atom stereocenters. The molecule has 0 bridgehead atoms. The molecule has 211 valence electrons. The van der Waals surface area contributed by atoms with Gasteiger partial charge < -0.3 is 53.9 Å². The van der Waals surface area contributed by atoms with Crippen LogP contribution in [0.5, 0.6) is 0 Å². The van der Waals surface area contributed by atoms with Crippen molar-refractivity contribution in [2.75, 3.05) is 26.4 Å². The summed E-state index contributed by atoms with van der Waals surface area (Å²) in [5, 5.41) is 10.5. The van der Waals surface area contributed by atoms with Crippen molar-refractivity contribution < 1.29 is 88.3 Å². The van der Waals surface area contributed by atoms with Crippen molar-refractivity contribution in [3.05, 3.63) is 0 Å². The zero-order valence-corrected chi connectivity index (χ0v) is 25.7. The summed E-state index contributed by atoms with van der Waals surface area (Å²) in [4.78, 5) is 12.5. The van der Waals surface area contributed by atoms with Gasteiger partial charge in [0.15, 0.2) is 29.3 Å². The van der Waals surface area contributed by atoms with Crippen molar-refractivity contribution in [2.45, 2.75) is 121 Å². The first-order chi connectivity index (χ1) is 16.5. The third kappa shape index (κ3) is 6.07. The molecule has 14 heteroatoms. The summed E-state index contributed by atoms with van der Waals surface area (Å²) >= 11 is 0. The number of hydrogen-bond acceptors (Lipinski definition) is 12. The maximum absolute atomic E-state index is 12.5. The van der Waals surface area contributed by atoms with Crippen LogP contribution in [0.4, 0.5) is 0 Å². The number of carbonyl (C=O) groups excluding carboxylic acids is 1. The molecule has 2 spiro atoms. The summed E-state index contributed by atoms with van der Waals surface area (Å²) in [5.41, 5.74) is 0. The Labute approximate surface area is 248 Å². The molecule has 3 radical (unpaired) electrons. The van der Waals surface area contributed by atoms with Crippen molar-refractivity contribution in [3.63, 3.8) is 0 Å². The van der Waals surface area contributed by atoms with Gasteiger partial charge in [-0.15, -0.1) is 0 Å². The topological polar surface area (TPSA) is 130 Å². The van der Waals surface area contributed by atoms with Crippen molar-refractivity contribution in [1.29, 1.82) is 0 Å². The molecule has 0 saturated carbocycles. The van der Waals surface area contributed by atoms with Gasteiger partial charge in [-0.3, -0.25) is 4.79 Å². The minimum absolute atomic E-state index is 0. The Kier molecular flexibility index (Phi) is 9.09. The first-order valence-electron chi connectivity index (χ1n) is 12.4. The monoisotopic (exact) mass is 553 g/mol. The molecule has 0 aromatic rings. The zero-order valence-electron chi connectivity index (χ0n) is 24.7. The van der Waals surface area contributed by atoms with E-state index >= 15 is 0 Å². The van der Waals surface area contributed by atoms with Gasteiger partial charge in [-0.1, -0.05) is 0 Å². The largest absolute Gasteiger partial charge is 1.00 e. The van der Waals surface area contributed by atoms with Crippen LogP contribution in [0.15, 0.2) is 0 Å². The Morgan fingerprint density at radius 3 is 1.84 bits per heavy atom. The van der Waals surface area contributed by atoms with E-state index in [4.69, 9.17) is 47.4 Å². The van der Waals surface area contributed by atoms with Crippen LogP contribution < -0.4 is 29.6 Å². The first kappa shape index (κ1) is 32.8. The summed E-state index contributed by atoms with van der Waals surface area (Å²) in [6.07, 6.45) is -2.67. The Morgan fingerprint density at radius 1 is 0.711 bits per heavy atom. The number of Topliss-reactive ketones (excluding diaryl/α,β-unsaturated/α-hetero) is 1. The van der Waals surface area contributed by atoms with E-state index in [1.807, 2.05) is 13.8 Å². The maximum Gasteiger partial charge on any atom is 1.00 e. The second kappa shape index (κ2) is 10.5. The molecule has 0 aromatic carbocycles. The van der Waals surface area contributed by atoms with E-state index in [1.54, 1.807) is 41.5 Å². The number of aliphatic hydroxyl groups is 1. The predicted octanol–water partition coefficient (Wildman–Crippen LogP) is -2.30.